The first-order chi connectivity index (χ1) is 8.45. The molecule has 2 rings (SSSR count). The zero-order valence-corrected chi connectivity index (χ0v) is 10.9. The summed E-state index contributed by atoms with van der Waals surface area (Å²) >= 11 is 0. The Labute approximate surface area is 105 Å². The third kappa shape index (κ3) is 1.88. The Morgan fingerprint density at radius 1 is 1.33 bits per heavy atom. The minimum Gasteiger partial charge on any atom is -0.494 e. The highest BCUT2D eigenvalue weighted by Gasteiger charge is 2.15. The molecule has 0 amide bonds. The van der Waals surface area contributed by atoms with Crippen molar-refractivity contribution in [3.63, 3.8) is 0 Å². The Morgan fingerprint density at radius 2 is 2.00 bits per heavy atom. The van der Waals surface area contributed by atoms with Crippen molar-refractivity contribution >= 4 is 10.9 Å². The van der Waals surface area contributed by atoms with Crippen molar-refractivity contribution in [2.45, 2.75) is 26.7 Å². The van der Waals surface area contributed by atoms with Crippen molar-refractivity contribution in [2.24, 2.45) is 0 Å². The quantitative estimate of drug-likeness (QED) is 0.888. The molecule has 1 aromatic carbocycles. The number of hydrogen-bond donors (Lipinski definition) is 1. The lowest BCUT2D eigenvalue weighted by Gasteiger charge is -2.12. The van der Waals surface area contributed by atoms with Crippen molar-refractivity contribution in [2.75, 3.05) is 7.11 Å². The van der Waals surface area contributed by atoms with Crippen LogP contribution in [0.3, 0.4) is 0 Å². The fourth-order valence-corrected chi connectivity index (χ4v) is 2.32. The maximum Gasteiger partial charge on any atom is 0.193 e. The molecule has 18 heavy (non-hydrogen) atoms. The zero-order chi connectivity index (χ0) is 13.4. The number of nitrogens with one attached hydrogen (secondary N) is 1. The van der Waals surface area contributed by atoms with Gasteiger partial charge in [-0.25, -0.2) is 4.39 Å². The predicted molar refractivity (Wildman–Crippen MR) is 69.9 cm³/mol. The molecule has 0 spiro atoms. The second kappa shape index (κ2) is 4.44. The molecule has 0 fully saturated rings. The Balaban J connectivity index is 2.95. The largest absolute Gasteiger partial charge is 0.494 e. The second-order valence-corrected chi connectivity index (χ2v) is 4.68. The lowest BCUT2D eigenvalue weighted by atomic mass is 9.99. The fourth-order valence-electron chi connectivity index (χ4n) is 2.32. The molecule has 1 heterocycles. The molecule has 0 atom stereocenters. The summed E-state index contributed by atoms with van der Waals surface area (Å²) in [5.74, 6) is -0.0312. The number of halogens is 1. The summed E-state index contributed by atoms with van der Waals surface area (Å²) in [6, 6.07) is 2.52. The van der Waals surface area contributed by atoms with Gasteiger partial charge in [-0.3, -0.25) is 4.79 Å². The number of fused-ring (bicyclic) bond motifs is 1. The van der Waals surface area contributed by atoms with E-state index in [1.54, 1.807) is 0 Å². The van der Waals surface area contributed by atoms with Crippen LogP contribution in [0, 0.1) is 12.7 Å². The SMILES string of the molecule is COc1cc(F)cc2c(=O)c(C(C)C)c(C)[nH]c12. The van der Waals surface area contributed by atoms with Crippen molar-refractivity contribution < 1.29 is 9.13 Å². The molecule has 1 N–H and O–H groups in total. The zero-order valence-electron chi connectivity index (χ0n) is 10.9. The van der Waals surface area contributed by atoms with Gasteiger partial charge in [0.2, 0.25) is 0 Å². The van der Waals surface area contributed by atoms with E-state index >= 15 is 0 Å². The molecule has 0 aliphatic rings. The highest BCUT2D eigenvalue weighted by molar-refractivity contribution is 5.85. The number of aromatic amines is 1. The van der Waals surface area contributed by atoms with E-state index in [1.165, 1.54) is 19.2 Å². The number of ether oxygens (including phenoxy) is 1. The van der Waals surface area contributed by atoms with Crippen LogP contribution in [0.2, 0.25) is 0 Å². The molecule has 1 aromatic heterocycles. The van der Waals surface area contributed by atoms with E-state index in [0.717, 1.165) is 5.69 Å². The van der Waals surface area contributed by atoms with Crippen molar-refractivity contribution in [1.82, 2.24) is 4.98 Å². The van der Waals surface area contributed by atoms with Crippen LogP contribution < -0.4 is 10.2 Å². The Kier molecular flexibility index (Phi) is 3.11. The molecular weight excluding hydrogens is 233 g/mol. The van der Waals surface area contributed by atoms with E-state index in [2.05, 4.69) is 4.98 Å². The van der Waals surface area contributed by atoms with Gasteiger partial charge in [0.15, 0.2) is 5.43 Å². The molecule has 0 saturated carbocycles. The number of pyridine rings is 1. The Morgan fingerprint density at radius 3 is 2.56 bits per heavy atom. The number of hydrogen-bond acceptors (Lipinski definition) is 2. The van der Waals surface area contributed by atoms with Gasteiger partial charge in [0.25, 0.3) is 0 Å². The minimum atomic E-state index is -0.469. The molecule has 4 heteroatoms. The van der Waals surface area contributed by atoms with E-state index in [0.29, 0.717) is 22.2 Å². The average Bonchev–Trinajstić information content (AvgIpc) is 2.29. The Hall–Kier alpha value is -1.84. The van der Waals surface area contributed by atoms with Crippen LogP contribution in [0.4, 0.5) is 4.39 Å². The van der Waals surface area contributed by atoms with Gasteiger partial charge in [0.05, 0.1) is 18.0 Å². The van der Waals surface area contributed by atoms with Gasteiger partial charge >= 0.3 is 0 Å². The van der Waals surface area contributed by atoms with Gasteiger partial charge in [-0.05, 0) is 18.9 Å². The monoisotopic (exact) mass is 249 g/mol. The van der Waals surface area contributed by atoms with Crippen LogP contribution in [0.15, 0.2) is 16.9 Å². The first-order valence-corrected chi connectivity index (χ1v) is 5.85. The first-order valence-electron chi connectivity index (χ1n) is 5.85. The molecule has 3 nitrogen and oxygen atoms in total. The molecular formula is C14H16FNO2. The highest BCUT2D eigenvalue weighted by Crippen LogP contribution is 2.26. The number of H-pyrrole nitrogens is 1. The molecule has 0 aliphatic carbocycles. The summed E-state index contributed by atoms with van der Waals surface area (Å²) in [5, 5.41) is 0.334. The smallest absolute Gasteiger partial charge is 0.193 e. The van der Waals surface area contributed by atoms with Crippen molar-refractivity contribution in [1.29, 1.82) is 0 Å². The van der Waals surface area contributed by atoms with Gasteiger partial charge in [0, 0.05) is 17.3 Å². The lowest BCUT2D eigenvalue weighted by Crippen LogP contribution is -2.15. The fraction of sp³-hybridized carbons (Fsp3) is 0.357. The van der Waals surface area contributed by atoms with E-state index in [9.17, 15) is 9.18 Å². The third-order valence-corrected chi connectivity index (χ3v) is 3.07. The third-order valence-electron chi connectivity index (χ3n) is 3.07. The minimum absolute atomic E-state index is 0.0902. The Bertz CT molecular complexity index is 659. The van der Waals surface area contributed by atoms with Crippen LogP contribution in [-0.2, 0) is 0 Å². The van der Waals surface area contributed by atoms with Crippen LogP contribution in [0.1, 0.15) is 31.0 Å². The summed E-state index contributed by atoms with van der Waals surface area (Å²) in [7, 11) is 1.46. The summed E-state index contributed by atoms with van der Waals surface area (Å²) in [5.41, 5.74) is 1.91. The van der Waals surface area contributed by atoms with Crippen molar-refractivity contribution in [3.05, 3.63) is 39.4 Å². The summed E-state index contributed by atoms with van der Waals surface area (Å²) in [4.78, 5) is 15.5. The number of rotatable bonds is 2. The van der Waals surface area contributed by atoms with E-state index in [4.69, 9.17) is 4.74 Å². The molecule has 96 valence electrons. The van der Waals surface area contributed by atoms with Gasteiger partial charge in [-0.2, -0.15) is 0 Å². The number of aromatic nitrogens is 1. The average molecular weight is 249 g/mol. The predicted octanol–water partition coefficient (Wildman–Crippen LogP) is 3.11. The normalized spacial score (nSPS) is 11.2. The molecule has 2 aromatic rings. The second-order valence-electron chi connectivity index (χ2n) is 4.68. The maximum atomic E-state index is 13.5. The molecule has 0 aliphatic heterocycles. The molecule has 0 saturated heterocycles. The standard InChI is InChI=1S/C14H16FNO2/c1-7(2)12-8(3)16-13-10(14(12)17)5-9(15)6-11(13)18-4/h5-7H,1-4H3,(H,16,17). The number of methoxy groups -OCH3 is 1. The summed E-state index contributed by atoms with van der Waals surface area (Å²) in [6.45, 7) is 5.73. The molecule has 0 unspecified atom stereocenters. The topological polar surface area (TPSA) is 42.1 Å². The van der Waals surface area contributed by atoms with Crippen LogP contribution >= 0.6 is 0 Å². The highest BCUT2D eigenvalue weighted by atomic mass is 19.1. The van der Waals surface area contributed by atoms with Gasteiger partial charge in [-0.15, -0.1) is 0 Å². The first kappa shape index (κ1) is 12.6. The summed E-state index contributed by atoms with van der Waals surface area (Å²) in [6.07, 6.45) is 0. The number of benzene rings is 1. The van der Waals surface area contributed by atoms with Gasteiger partial charge in [-0.1, -0.05) is 13.8 Å². The van der Waals surface area contributed by atoms with Crippen LogP contribution in [-0.4, -0.2) is 12.1 Å². The van der Waals surface area contributed by atoms with E-state index in [-0.39, 0.29) is 11.3 Å². The van der Waals surface area contributed by atoms with Crippen LogP contribution in [0.25, 0.3) is 10.9 Å². The van der Waals surface area contributed by atoms with E-state index in [1.807, 2.05) is 20.8 Å². The summed E-state index contributed by atoms with van der Waals surface area (Å²) < 4.78 is 18.6. The molecule has 0 bridgehead atoms. The lowest BCUT2D eigenvalue weighted by molar-refractivity contribution is 0.415. The maximum absolute atomic E-state index is 13.5. The van der Waals surface area contributed by atoms with Gasteiger partial charge in [0.1, 0.15) is 11.6 Å². The molecule has 0 radical (unpaired) electrons. The van der Waals surface area contributed by atoms with Gasteiger partial charge < -0.3 is 9.72 Å². The van der Waals surface area contributed by atoms with Crippen LogP contribution in [0.5, 0.6) is 5.75 Å². The number of aryl methyl sites for hydroxylation is 1. The van der Waals surface area contributed by atoms with E-state index < -0.39 is 5.82 Å². The van der Waals surface area contributed by atoms with Crippen molar-refractivity contribution in [3.8, 4) is 5.75 Å².